The van der Waals surface area contributed by atoms with Crippen LogP contribution in [0.3, 0.4) is 0 Å². The Bertz CT molecular complexity index is 654. The topological polar surface area (TPSA) is 66.9 Å². The monoisotopic (exact) mass is 320 g/mol. The summed E-state index contributed by atoms with van der Waals surface area (Å²) in [5.74, 6) is -0.301. The molecular formula is C15H17FN4OS. The molecule has 0 aliphatic carbocycles. The Labute approximate surface area is 132 Å². The van der Waals surface area contributed by atoms with Crippen molar-refractivity contribution < 1.29 is 9.18 Å². The van der Waals surface area contributed by atoms with Crippen molar-refractivity contribution in [3.8, 4) is 0 Å². The number of aromatic nitrogens is 2. The van der Waals surface area contributed by atoms with E-state index in [4.69, 9.17) is 0 Å². The van der Waals surface area contributed by atoms with Crippen molar-refractivity contribution in [3.63, 3.8) is 0 Å². The summed E-state index contributed by atoms with van der Waals surface area (Å²) in [6, 6.07) is 6.60. The number of amides is 1. The van der Waals surface area contributed by atoms with E-state index in [2.05, 4.69) is 20.8 Å². The number of nitrogens with one attached hydrogen (secondary N) is 2. The molecule has 2 heterocycles. The van der Waals surface area contributed by atoms with Crippen LogP contribution in [0.4, 0.5) is 9.52 Å². The van der Waals surface area contributed by atoms with Gasteiger partial charge in [0.15, 0.2) is 0 Å². The Hall–Kier alpha value is -1.86. The molecule has 0 saturated carbocycles. The van der Waals surface area contributed by atoms with Crippen LogP contribution in [0.5, 0.6) is 0 Å². The van der Waals surface area contributed by atoms with Gasteiger partial charge in [0.05, 0.1) is 5.92 Å². The van der Waals surface area contributed by atoms with Crippen molar-refractivity contribution >= 4 is 22.4 Å². The SMILES string of the molecule is O=C(Nc1nnc(Cc2ccccc2F)s1)C1CCCNC1. The van der Waals surface area contributed by atoms with Crippen molar-refractivity contribution in [2.24, 2.45) is 5.92 Å². The number of nitrogens with zero attached hydrogens (tertiary/aromatic N) is 2. The van der Waals surface area contributed by atoms with E-state index in [1.165, 1.54) is 17.4 Å². The van der Waals surface area contributed by atoms with Gasteiger partial charge >= 0.3 is 0 Å². The Morgan fingerprint density at radius 2 is 2.27 bits per heavy atom. The molecule has 2 aromatic rings. The van der Waals surface area contributed by atoms with Crippen LogP contribution in [0.1, 0.15) is 23.4 Å². The summed E-state index contributed by atoms with van der Waals surface area (Å²) < 4.78 is 13.6. The number of benzene rings is 1. The normalized spacial score (nSPS) is 18.1. The third-order valence-electron chi connectivity index (χ3n) is 3.66. The smallest absolute Gasteiger partial charge is 0.230 e. The van der Waals surface area contributed by atoms with Crippen LogP contribution in [0.25, 0.3) is 0 Å². The summed E-state index contributed by atoms with van der Waals surface area (Å²) in [7, 11) is 0. The minimum absolute atomic E-state index is 0.0207. The van der Waals surface area contributed by atoms with Crippen LogP contribution in [0.15, 0.2) is 24.3 Å². The van der Waals surface area contributed by atoms with E-state index in [0.717, 1.165) is 19.4 Å². The lowest BCUT2D eigenvalue weighted by atomic mass is 9.99. The largest absolute Gasteiger partial charge is 0.316 e. The molecule has 1 atom stereocenters. The summed E-state index contributed by atoms with van der Waals surface area (Å²) in [5, 5.41) is 15.2. The third-order valence-corrected chi connectivity index (χ3v) is 4.50. The van der Waals surface area contributed by atoms with Crippen LogP contribution in [-0.4, -0.2) is 29.2 Å². The van der Waals surface area contributed by atoms with Crippen molar-refractivity contribution in [3.05, 3.63) is 40.7 Å². The number of carbonyl (C=O) groups is 1. The minimum Gasteiger partial charge on any atom is -0.316 e. The molecule has 0 bridgehead atoms. The van der Waals surface area contributed by atoms with Crippen molar-refractivity contribution in [2.45, 2.75) is 19.3 Å². The van der Waals surface area contributed by atoms with Gasteiger partial charge < -0.3 is 10.6 Å². The fourth-order valence-corrected chi connectivity index (χ4v) is 3.23. The highest BCUT2D eigenvalue weighted by molar-refractivity contribution is 7.15. The second kappa shape index (κ2) is 6.93. The summed E-state index contributed by atoms with van der Waals surface area (Å²) in [5.41, 5.74) is 0.577. The van der Waals surface area contributed by atoms with Crippen LogP contribution in [0.2, 0.25) is 0 Å². The van der Waals surface area contributed by atoms with Crippen LogP contribution < -0.4 is 10.6 Å². The molecule has 3 rings (SSSR count). The van der Waals surface area contributed by atoms with Gasteiger partial charge in [0.25, 0.3) is 0 Å². The van der Waals surface area contributed by atoms with Gasteiger partial charge in [0.2, 0.25) is 11.0 Å². The number of hydrogen-bond acceptors (Lipinski definition) is 5. The first-order chi connectivity index (χ1) is 10.7. The molecule has 1 aromatic carbocycles. The second-order valence-corrected chi connectivity index (χ2v) is 6.36. The number of halogens is 1. The zero-order valence-corrected chi connectivity index (χ0v) is 12.8. The molecule has 1 amide bonds. The molecule has 0 radical (unpaired) electrons. The maximum Gasteiger partial charge on any atom is 0.230 e. The first-order valence-electron chi connectivity index (χ1n) is 7.30. The summed E-state index contributed by atoms with van der Waals surface area (Å²) in [6.45, 7) is 1.67. The van der Waals surface area contributed by atoms with Gasteiger partial charge in [-0.3, -0.25) is 4.79 Å². The maximum atomic E-state index is 13.6. The second-order valence-electron chi connectivity index (χ2n) is 5.30. The van der Waals surface area contributed by atoms with Gasteiger partial charge in [0.1, 0.15) is 10.8 Å². The Kier molecular flexibility index (Phi) is 4.74. The lowest BCUT2D eigenvalue weighted by Crippen LogP contribution is -2.37. The Morgan fingerprint density at radius 1 is 1.41 bits per heavy atom. The van der Waals surface area contributed by atoms with Gasteiger partial charge in [0, 0.05) is 13.0 Å². The Balaban J connectivity index is 1.61. The minimum atomic E-state index is -0.253. The molecule has 7 heteroatoms. The van der Waals surface area contributed by atoms with Crippen molar-refractivity contribution in [1.29, 1.82) is 0 Å². The van der Waals surface area contributed by atoms with Gasteiger partial charge in [-0.1, -0.05) is 29.5 Å². The zero-order chi connectivity index (χ0) is 15.4. The lowest BCUT2D eigenvalue weighted by Gasteiger charge is -2.21. The average Bonchev–Trinajstić information content (AvgIpc) is 2.97. The number of piperidine rings is 1. The van der Waals surface area contributed by atoms with Gasteiger partial charge in [-0.15, -0.1) is 10.2 Å². The average molecular weight is 320 g/mol. The Morgan fingerprint density at radius 3 is 3.05 bits per heavy atom. The van der Waals surface area contributed by atoms with E-state index in [1.54, 1.807) is 18.2 Å². The maximum absolute atomic E-state index is 13.6. The quantitative estimate of drug-likeness (QED) is 0.906. The molecule has 2 N–H and O–H groups in total. The molecule has 0 spiro atoms. The van der Waals surface area contributed by atoms with Crippen LogP contribution in [0, 0.1) is 11.7 Å². The van der Waals surface area contributed by atoms with Gasteiger partial charge in [-0.2, -0.15) is 0 Å². The molecule has 1 fully saturated rings. The number of rotatable bonds is 4. The molecule has 1 saturated heterocycles. The van der Waals surface area contributed by atoms with E-state index in [-0.39, 0.29) is 17.6 Å². The summed E-state index contributed by atoms with van der Waals surface area (Å²) in [4.78, 5) is 12.1. The molecule has 1 aliphatic rings. The van der Waals surface area contributed by atoms with E-state index < -0.39 is 0 Å². The fourth-order valence-electron chi connectivity index (χ4n) is 2.46. The molecule has 22 heavy (non-hydrogen) atoms. The first-order valence-corrected chi connectivity index (χ1v) is 8.11. The molecule has 1 unspecified atom stereocenters. The predicted octanol–water partition coefficient (Wildman–Crippen LogP) is 2.21. The summed E-state index contributed by atoms with van der Waals surface area (Å²) >= 11 is 1.29. The number of carbonyl (C=O) groups excluding carboxylic acids is 1. The predicted molar refractivity (Wildman–Crippen MR) is 83.3 cm³/mol. The molecule has 116 valence electrons. The molecule has 5 nitrogen and oxygen atoms in total. The fraction of sp³-hybridized carbons (Fsp3) is 0.400. The number of hydrogen-bond donors (Lipinski definition) is 2. The third kappa shape index (κ3) is 3.66. The van der Waals surface area contributed by atoms with Crippen molar-refractivity contribution in [2.75, 3.05) is 18.4 Å². The van der Waals surface area contributed by atoms with Gasteiger partial charge in [-0.25, -0.2) is 4.39 Å². The summed E-state index contributed by atoms with van der Waals surface area (Å²) in [6.07, 6.45) is 2.28. The highest BCUT2D eigenvalue weighted by Crippen LogP contribution is 2.21. The van der Waals surface area contributed by atoms with Crippen LogP contribution >= 0.6 is 11.3 Å². The lowest BCUT2D eigenvalue weighted by molar-refractivity contribution is -0.120. The van der Waals surface area contributed by atoms with E-state index in [0.29, 0.717) is 28.7 Å². The first kappa shape index (κ1) is 15.1. The molecule has 1 aliphatic heterocycles. The van der Waals surface area contributed by atoms with E-state index >= 15 is 0 Å². The van der Waals surface area contributed by atoms with Gasteiger partial charge in [-0.05, 0) is 31.0 Å². The highest BCUT2D eigenvalue weighted by atomic mass is 32.1. The number of anilines is 1. The van der Waals surface area contributed by atoms with Crippen LogP contribution in [-0.2, 0) is 11.2 Å². The highest BCUT2D eigenvalue weighted by Gasteiger charge is 2.22. The molecular weight excluding hydrogens is 303 g/mol. The molecule has 1 aromatic heterocycles. The zero-order valence-electron chi connectivity index (χ0n) is 12.0. The van der Waals surface area contributed by atoms with E-state index in [1.807, 2.05) is 0 Å². The standard InChI is InChI=1S/C15H17FN4OS/c16-12-6-2-1-4-10(12)8-13-19-20-15(22-13)18-14(21)11-5-3-7-17-9-11/h1-2,4,6,11,17H,3,5,7-9H2,(H,18,20,21). The van der Waals surface area contributed by atoms with E-state index in [9.17, 15) is 9.18 Å². The van der Waals surface area contributed by atoms with Crippen molar-refractivity contribution in [1.82, 2.24) is 15.5 Å².